The van der Waals surface area contributed by atoms with Gasteiger partial charge in [0.05, 0.1) is 5.56 Å². The van der Waals surface area contributed by atoms with Crippen molar-refractivity contribution >= 4 is 29.2 Å². The number of benzene rings is 1. The van der Waals surface area contributed by atoms with E-state index >= 15 is 0 Å². The molecule has 3 rings (SSSR count). The fourth-order valence-electron chi connectivity index (χ4n) is 2.42. The standard InChI is InChI=1S/C18H19N3O2S/c1-12-7-8-15(16(19)20-12)17(22)21-13-5-3-6-14(11-13)23-18(2)9-4-10-24-18/h3-8,10-11H,9H2,1-2H3,(H2,19,20)(H,21,22). The summed E-state index contributed by atoms with van der Waals surface area (Å²) in [5.74, 6) is 0.641. The van der Waals surface area contributed by atoms with Crippen LogP contribution in [0.5, 0.6) is 5.75 Å². The second-order valence-corrected chi connectivity index (χ2v) is 7.17. The Bertz CT molecular complexity index is 797. The summed E-state index contributed by atoms with van der Waals surface area (Å²) in [6.07, 6.45) is 2.93. The molecule has 24 heavy (non-hydrogen) atoms. The molecule has 1 amide bonds. The van der Waals surface area contributed by atoms with E-state index in [4.69, 9.17) is 10.5 Å². The van der Waals surface area contributed by atoms with Crippen LogP contribution < -0.4 is 15.8 Å². The number of nitrogens with one attached hydrogen (secondary N) is 1. The van der Waals surface area contributed by atoms with Crippen LogP contribution in [0.4, 0.5) is 11.5 Å². The van der Waals surface area contributed by atoms with Gasteiger partial charge >= 0.3 is 0 Å². The maximum atomic E-state index is 12.4. The van der Waals surface area contributed by atoms with Crippen molar-refractivity contribution in [1.29, 1.82) is 0 Å². The van der Waals surface area contributed by atoms with E-state index < -0.39 is 0 Å². The fourth-order valence-corrected chi connectivity index (χ4v) is 3.24. The maximum absolute atomic E-state index is 12.4. The molecule has 2 heterocycles. The van der Waals surface area contributed by atoms with Gasteiger partial charge in [-0.15, -0.1) is 0 Å². The minimum absolute atomic E-state index is 0.223. The number of nitrogen functional groups attached to an aromatic ring is 1. The van der Waals surface area contributed by atoms with E-state index in [1.165, 1.54) is 0 Å². The van der Waals surface area contributed by atoms with Crippen LogP contribution in [-0.4, -0.2) is 15.8 Å². The minimum atomic E-state index is -0.298. The van der Waals surface area contributed by atoms with Crippen molar-refractivity contribution in [1.82, 2.24) is 4.98 Å². The first kappa shape index (κ1) is 16.4. The largest absolute Gasteiger partial charge is 0.476 e. The van der Waals surface area contributed by atoms with Crippen LogP contribution in [-0.2, 0) is 0 Å². The summed E-state index contributed by atoms with van der Waals surface area (Å²) in [5.41, 5.74) is 7.61. The number of anilines is 2. The normalized spacial score (nSPS) is 19.2. The van der Waals surface area contributed by atoms with Crippen molar-refractivity contribution in [3.63, 3.8) is 0 Å². The Morgan fingerprint density at radius 2 is 2.21 bits per heavy atom. The SMILES string of the molecule is Cc1ccc(C(=O)Nc2cccc(OC3(C)CC=CS3)c2)c(N)n1. The number of aryl methyl sites for hydroxylation is 1. The number of carbonyl (C=O) groups excluding carboxylic acids is 1. The van der Waals surface area contributed by atoms with E-state index in [2.05, 4.69) is 16.4 Å². The van der Waals surface area contributed by atoms with E-state index in [0.29, 0.717) is 17.0 Å². The number of aromatic nitrogens is 1. The van der Waals surface area contributed by atoms with Crippen molar-refractivity contribution in [3.8, 4) is 5.75 Å². The Morgan fingerprint density at radius 3 is 2.92 bits per heavy atom. The summed E-state index contributed by atoms with van der Waals surface area (Å²) in [6, 6.07) is 10.8. The molecule has 2 aromatic rings. The van der Waals surface area contributed by atoms with Crippen molar-refractivity contribution in [3.05, 3.63) is 59.1 Å². The van der Waals surface area contributed by atoms with Crippen LogP contribution in [0.15, 0.2) is 47.9 Å². The summed E-state index contributed by atoms with van der Waals surface area (Å²) < 4.78 is 6.04. The second kappa shape index (κ2) is 6.57. The van der Waals surface area contributed by atoms with Gasteiger partial charge in [-0.1, -0.05) is 23.9 Å². The molecule has 1 aromatic carbocycles. The van der Waals surface area contributed by atoms with Crippen LogP contribution >= 0.6 is 11.8 Å². The average molecular weight is 341 g/mol. The highest BCUT2D eigenvalue weighted by Gasteiger charge is 2.28. The zero-order chi connectivity index (χ0) is 17.2. The molecule has 1 aliphatic heterocycles. The predicted octanol–water partition coefficient (Wildman–Crippen LogP) is 3.97. The number of hydrogen-bond donors (Lipinski definition) is 2. The Hall–Kier alpha value is -2.47. The van der Waals surface area contributed by atoms with Gasteiger partial charge in [-0.3, -0.25) is 4.79 Å². The molecule has 3 N–H and O–H groups in total. The molecule has 0 fully saturated rings. The van der Waals surface area contributed by atoms with Crippen molar-refractivity contribution in [2.24, 2.45) is 0 Å². The number of ether oxygens (including phenoxy) is 1. The van der Waals surface area contributed by atoms with Gasteiger partial charge in [-0.25, -0.2) is 4.98 Å². The average Bonchev–Trinajstić information content (AvgIpc) is 2.93. The first-order valence-electron chi connectivity index (χ1n) is 7.62. The number of thioether (sulfide) groups is 1. The van der Waals surface area contributed by atoms with Gasteiger partial charge in [0.15, 0.2) is 4.93 Å². The zero-order valence-electron chi connectivity index (χ0n) is 13.6. The number of rotatable bonds is 4. The molecule has 6 heteroatoms. The number of amides is 1. The van der Waals surface area contributed by atoms with Crippen LogP contribution in [0, 0.1) is 6.92 Å². The lowest BCUT2D eigenvalue weighted by Gasteiger charge is -2.24. The lowest BCUT2D eigenvalue weighted by molar-refractivity contribution is 0.102. The Labute approximate surface area is 145 Å². The van der Waals surface area contributed by atoms with Gasteiger partial charge in [-0.05, 0) is 43.5 Å². The van der Waals surface area contributed by atoms with Crippen LogP contribution in [0.1, 0.15) is 29.4 Å². The van der Waals surface area contributed by atoms with Crippen LogP contribution in [0.2, 0.25) is 0 Å². The molecule has 0 radical (unpaired) electrons. The molecule has 0 saturated carbocycles. The summed E-state index contributed by atoms with van der Waals surface area (Å²) >= 11 is 1.64. The van der Waals surface area contributed by atoms with E-state index in [0.717, 1.165) is 12.1 Å². The number of pyridine rings is 1. The number of nitrogens with two attached hydrogens (primary N) is 1. The summed E-state index contributed by atoms with van der Waals surface area (Å²) in [6.45, 7) is 3.87. The third kappa shape index (κ3) is 3.71. The van der Waals surface area contributed by atoms with Crippen molar-refractivity contribution in [2.45, 2.75) is 25.2 Å². The quantitative estimate of drug-likeness (QED) is 0.880. The highest BCUT2D eigenvalue weighted by Crippen LogP contribution is 2.38. The molecule has 0 spiro atoms. The fraction of sp³-hybridized carbons (Fsp3) is 0.222. The topological polar surface area (TPSA) is 77.2 Å². The predicted molar refractivity (Wildman–Crippen MR) is 98.2 cm³/mol. The lowest BCUT2D eigenvalue weighted by atomic mass is 10.2. The van der Waals surface area contributed by atoms with Gasteiger partial charge in [0.1, 0.15) is 11.6 Å². The molecule has 1 unspecified atom stereocenters. The molecular formula is C18H19N3O2S. The Kier molecular flexibility index (Phi) is 4.49. The van der Waals surface area contributed by atoms with Gasteiger partial charge < -0.3 is 15.8 Å². The number of carbonyl (C=O) groups is 1. The van der Waals surface area contributed by atoms with Gasteiger partial charge in [-0.2, -0.15) is 0 Å². The smallest absolute Gasteiger partial charge is 0.259 e. The van der Waals surface area contributed by atoms with Gasteiger partial charge in [0, 0.05) is 23.9 Å². The molecule has 124 valence electrons. The van der Waals surface area contributed by atoms with E-state index in [-0.39, 0.29) is 16.7 Å². The summed E-state index contributed by atoms with van der Waals surface area (Å²) in [7, 11) is 0. The Balaban J connectivity index is 1.73. The third-order valence-corrected chi connectivity index (χ3v) is 4.71. The zero-order valence-corrected chi connectivity index (χ0v) is 14.4. The third-order valence-electron chi connectivity index (χ3n) is 3.64. The molecular weight excluding hydrogens is 322 g/mol. The highest BCUT2D eigenvalue weighted by molar-refractivity contribution is 8.03. The summed E-state index contributed by atoms with van der Waals surface area (Å²) in [5, 5.41) is 4.88. The molecule has 1 aromatic heterocycles. The van der Waals surface area contributed by atoms with Gasteiger partial charge in [0.25, 0.3) is 5.91 Å². The molecule has 0 saturated heterocycles. The second-order valence-electron chi connectivity index (χ2n) is 5.80. The highest BCUT2D eigenvalue weighted by atomic mass is 32.2. The van der Waals surface area contributed by atoms with Crippen molar-refractivity contribution < 1.29 is 9.53 Å². The maximum Gasteiger partial charge on any atom is 0.259 e. The van der Waals surface area contributed by atoms with Crippen LogP contribution in [0.3, 0.4) is 0 Å². The molecule has 1 atom stereocenters. The lowest BCUT2D eigenvalue weighted by Crippen LogP contribution is -2.24. The van der Waals surface area contributed by atoms with Gasteiger partial charge in [0.2, 0.25) is 0 Å². The number of nitrogens with zero attached hydrogens (tertiary/aromatic N) is 1. The first-order chi connectivity index (χ1) is 11.5. The molecule has 0 aliphatic carbocycles. The monoisotopic (exact) mass is 341 g/mol. The minimum Gasteiger partial charge on any atom is -0.476 e. The van der Waals surface area contributed by atoms with Crippen LogP contribution in [0.25, 0.3) is 0 Å². The first-order valence-corrected chi connectivity index (χ1v) is 8.49. The van der Waals surface area contributed by atoms with E-state index in [1.807, 2.05) is 37.5 Å². The van der Waals surface area contributed by atoms with Crippen molar-refractivity contribution in [2.75, 3.05) is 11.1 Å². The molecule has 0 bridgehead atoms. The Morgan fingerprint density at radius 1 is 1.38 bits per heavy atom. The number of hydrogen-bond acceptors (Lipinski definition) is 5. The molecule has 5 nitrogen and oxygen atoms in total. The molecule has 1 aliphatic rings. The van der Waals surface area contributed by atoms with E-state index in [1.54, 1.807) is 30.0 Å². The van der Waals surface area contributed by atoms with E-state index in [9.17, 15) is 4.79 Å². The summed E-state index contributed by atoms with van der Waals surface area (Å²) in [4.78, 5) is 16.2.